The van der Waals surface area contributed by atoms with Crippen LogP contribution < -0.4 is 5.32 Å². The van der Waals surface area contributed by atoms with E-state index in [1.165, 1.54) is 0 Å². The first kappa shape index (κ1) is 15.8. The fourth-order valence-electron chi connectivity index (χ4n) is 1.49. The average molecular weight is 353 g/mol. The summed E-state index contributed by atoms with van der Waals surface area (Å²) in [6.07, 6.45) is 0.690. The van der Waals surface area contributed by atoms with Crippen LogP contribution >= 0.6 is 39.1 Å². The number of carbonyl (C=O) groups is 1. The van der Waals surface area contributed by atoms with Crippen LogP contribution in [0.15, 0.2) is 22.7 Å². The number of hydrogen-bond donors (Lipinski definition) is 1. The Labute approximate surface area is 126 Å². The Kier molecular flexibility index (Phi) is 5.96. The van der Waals surface area contributed by atoms with Gasteiger partial charge in [-0.05, 0) is 47.0 Å². The lowest BCUT2D eigenvalue weighted by Gasteiger charge is -2.29. The molecular formula is C13H16BrCl2NO. The quantitative estimate of drug-likeness (QED) is 0.793. The van der Waals surface area contributed by atoms with Gasteiger partial charge in [-0.1, -0.05) is 13.0 Å². The van der Waals surface area contributed by atoms with E-state index in [1.807, 2.05) is 26.0 Å². The molecule has 1 amide bonds. The first-order valence-corrected chi connectivity index (χ1v) is 7.55. The van der Waals surface area contributed by atoms with Gasteiger partial charge in [0.15, 0.2) is 0 Å². The van der Waals surface area contributed by atoms with Gasteiger partial charge in [-0.2, -0.15) is 0 Å². The normalized spacial score (nSPS) is 11.4. The Morgan fingerprint density at radius 3 is 2.44 bits per heavy atom. The van der Waals surface area contributed by atoms with Gasteiger partial charge in [-0.3, -0.25) is 4.79 Å². The van der Waals surface area contributed by atoms with E-state index in [1.54, 1.807) is 6.07 Å². The Hall–Kier alpha value is -0.250. The molecule has 100 valence electrons. The van der Waals surface area contributed by atoms with E-state index in [2.05, 4.69) is 21.2 Å². The van der Waals surface area contributed by atoms with Gasteiger partial charge in [-0.25, -0.2) is 0 Å². The van der Waals surface area contributed by atoms with Crippen LogP contribution in [0, 0.1) is 6.92 Å². The smallest absolute Gasteiger partial charge is 0.252 e. The molecule has 0 saturated carbocycles. The Bertz CT molecular complexity index is 425. The van der Waals surface area contributed by atoms with Gasteiger partial charge in [0.25, 0.3) is 5.91 Å². The topological polar surface area (TPSA) is 29.1 Å². The van der Waals surface area contributed by atoms with Crippen molar-refractivity contribution in [3.05, 3.63) is 33.8 Å². The van der Waals surface area contributed by atoms with Crippen molar-refractivity contribution in [2.24, 2.45) is 0 Å². The highest BCUT2D eigenvalue weighted by Gasteiger charge is 2.29. The van der Waals surface area contributed by atoms with Gasteiger partial charge >= 0.3 is 0 Å². The Morgan fingerprint density at radius 1 is 1.39 bits per heavy atom. The zero-order valence-corrected chi connectivity index (χ0v) is 13.5. The minimum Gasteiger partial charge on any atom is -0.344 e. The molecule has 1 N–H and O–H groups in total. The summed E-state index contributed by atoms with van der Waals surface area (Å²) >= 11 is 15.2. The maximum Gasteiger partial charge on any atom is 0.252 e. The first-order chi connectivity index (χ1) is 8.48. The average Bonchev–Trinajstić information content (AvgIpc) is 2.36. The highest BCUT2D eigenvalue weighted by atomic mass is 79.9. The summed E-state index contributed by atoms with van der Waals surface area (Å²) in [7, 11) is 0. The third-order valence-electron chi connectivity index (χ3n) is 2.94. The van der Waals surface area contributed by atoms with E-state index >= 15 is 0 Å². The highest BCUT2D eigenvalue weighted by molar-refractivity contribution is 9.10. The zero-order chi connectivity index (χ0) is 13.8. The molecule has 0 aliphatic heterocycles. The number of halogens is 3. The van der Waals surface area contributed by atoms with E-state index < -0.39 is 5.54 Å². The molecule has 0 aliphatic rings. The number of rotatable bonds is 5. The minimum absolute atomic E-state index is 0.162. The summed E-state index contributed by atoms with van der Waals surface area (Å²) in [5, 5.41) is 2.92. The molecule has 1 aromatic carbocycles. The molecule has 0 bridgehead atoms. The second-order valence-electron chi connectivity index (χ2n) is 4.34. The van der Waals surface area contributed by atoms with Crippen LogP contribution in [0.1, 0.15) is 29.3 Å². The van der Waals surface area contributed by atoms with Crippen molar-refractivity contribution in [2.45, 2.75) is 25.8 Å². The molecule has 1 aromatic rings. The van der Waals surface area contributed by atoms with Crippen LogP contribution in [0.4, 0.5) is 0 Å². The molecule has 18 heavy (non-hydrogen) atoms. The van der Waals surface area contributed by atoms with Crippen molar-refractivity contribution in [1.82, 2.24) is 5.32 Å². The summed E-state index contributed by atoms with van der Waals surface area (Å²) in [6.45, 7) is 3.93. The van der Waals surface area contributed by atoms with Crippen LogP contribution in [0.3, 0.4) is 0 Å². The van der Waals surface area contributed by atoms with Gasteiger partial charge < -0.3 is 5.32 Å². The zero-order valence-electron chi connectivity index (χ0n) is 10.4. The third kappa shape index (κ3) is 3.62. The molecule has 0 aromatic heterocycles. The lowest BCUT2D eigenvalue weighted by Crippen LogP contribution is -2.51. The lowest BCUT2D eigenvalue weighted by atomic mass is 10.0. The van der Waals surface area contributed by atoms with E-state index in [9.17, 15) is 4.79 Å². The van der Waals surface area contributed by atoms with Crippen LogP contribution in [0.2, 0.25) is 0 Å². The molecule has 0 spiro atoms. The maximum atomic E-state index is 12.2. The monoisotopic (exact) mass is 351 g/mol. The molecule has 1 rings (SSSR count). The molecule has 0 atom stereocenters. The highest BCUT2D eigenvalue weighted by Crippen LogP contribution is 2.21. The summed E-state index contributed by atoms with van der Waals surface area (Å²) < 4.78 is 0.772. The third-order valence-corrected chi connectivity index (χ3v) is 4.62. The van der Waals surface area contributed by atoms with E-state index in [4.69, 9.17) is 23.2 Å². The van der Waals surface area contributed by atoms with Gasteiger partial charge in [-0.15, -0.1) is 23.2 Å². The van der Waals surface area contributed by atoms with Crippen molar-refractivity contribution in [3.8, 4) is 0 Å². The number of hydrogen-bond acceptors (Lipinski definition) is 1. The molecule has 0 saturated heterocycles. The second-order valence-corrected chi connectivity index (χ2v) is 5.73. The summed E-state index contributed by atoms with van der Waals surface area (Å²) in [6, 6.07) is 5.59. The van der Waals surface area contributed by atoms with Crippen LogP contribution in [-0.4, -0.2) is 23.2 Å². The van der Waals surface area contributed by atoms with Crippen LogP contribution in [0.5, 0.6) is 0 Å². The number of amides is 1. The van der Waals surface area contributed by atoms with Crippen molar-refractivity contribution < 1.29 is 4.79 Å². The molecule has 0 unspecified atom stereocenters. The fourth-order valence-corrected chi connectivity index (χ4v) is 2.96. The predicted molar refractivity (Wildman–Crippen MR) is 80.8 cm³/mol. The lowest BCUT2D eigenvalue weighted by molar-refractivity contribution is 0.0912. The van der Waals surface area contributed by atoms with Crippen molar-refractivity contribution in [3.63, 3.8) is 0 Å². The molecule has 0 aliphatic carbocycles. The summed E-state index contributed by atoms with van der Waals surface area (Å²) in [5.74, 6) is 0.426. The largest absolute Gasteiger partial charge is 0.344 e. The van der Waals surface area contributed by atoms with Crippen LogP contribution in [0.25, 0.3) is 0 Å². The van der Waals surface area contributed by atoms with Gasteiger partial charge in [0.05, 0.1) is 11.1 Å². The summed E-state index contributed by atoms with van der Waals surface area (Å²) in [5.41, 5.74) is 1.13. The number of nitrogens with one attached hydrogen (secondary N) is 1. The van der Waals surface area contributed by atoms with E-state index in [0.717, 1.165) is 10.0 Å². The van der Waals surface area contributed by atoms with Crippen molar-refractivity contribution in [1.29, 1.82) is 0 Å². The van der Waals surface area contributed by atoms with Gasteiger partial charge in [0.1, 0.15) is 0 Å². The van der Waals surface area contributed by atoms with E-state index in [0.29, 0.717) is 23.7 Å². The number of aryl methyl sites for hydroxylation is 1. The molecule has 0 fully saturated rings. The molecule has 5 heteroatoms. The number of benzene rings is 1. The Balaban J connectivity index is 2.94. The molecule has 0 heterocycles. The standard InChI is InChI=1S/C13H16BrCl2NO/c1-3-13(7-15,8-16)17-12(18)10-5-4-9(2)6-11(10)14/h4-6H,3,7-8H2,1-2H3,(H,17,18). The van der Waals surface area contributed by atoms with Crippen LogP contribution in [-0.2, 0) is 0 Å². The number of alkyl halides is 2. The van der Waals surface area contributed by atoms with Crippen molar-refractivity contribution >= 4 is 45.0 Å². The van der Waals surface area contributed by atoms with E-state index in [-0.39, 0.29) is 5.91 Å². The molecule has 2 nitrogen and oxygen atoms in total. The molecule has 0 radical (unpaired) electrons. The minimum atomic E-state index is -0.551. The first-order valence-electron chi connectivity index (χ1n) is 5.68. The molecular weight excluding hydrogens is 337 g/mol. The summed E-state index contributed by atoms with van der Waals surface area (Å²) in [4.78, 5) is 12.2. The second kappa shape index (κ2) is 6.78. The van der Waals surface area contributed by atoms with Crippen molar-refractivity contribution in [2.75, 3.05) is 11.8 Å². The Morgan fingerprint density at radius 2 is 2.00 bits per heavy atom. The SMILES string of the molecule is CCC(CCl)(CCl)NC(=O)c1ccc(C)cc1Br. The van der Waals surface area contributed by atoms with Gasteiger partial charge in [0, 0.05) is 16.2 Å². The maximum absolute atomic E-state index is 12.2. The number of carbonyl (C=O) groups excluding carboxylic acids is 1. The van der Waals surface area contributed by atoms with Gasteiger partial charge in [0.2, 0.25) is 0 Å². The predicted octanol–water partition coefficient (Wildman–Crippen LogP) is 4.11. The fraction of sp³-hybridized carbons (Fsp3) is 0.462.